The molecule has 0 aromatic heterocycles. The van der Waals surface area contributed by atoms with E-state index in [1.54, 1.807) is 0 Å². The van der Waals surface area contributed by atoms with Gasteiger partial charge in [-0.25, -0.2) is 0 Å². The number of likely N-dealkylation sites (N-methyl/N-ethyl adjacent to an activating group) is 1. The second kappa shape index (κ2) is 5.64. The lowest BCUT2D eigenvalue weighted by Gasteiger charge is -2.30. The molecule has 2 fully saturated rings. The minimum absolute atomic E-state index is 0.314. The summed E-state index contributed by atoms with van der Waals surface area (Å²) >= 11 is 0. The molecule has 0 saturated carbocycles. The van der Waals surface area contributed by atoms with Crippen molar-refractivity contribution in [2.24, 2.45) is 0 Å². The summed E-state index contributed by atoms with van der Waals surface area (Å²) in [5.41, 5.74) is 0. The third kappa shape index (κ3) is 2.95. The van der Waals surface area contributed by atoms with Crippen molar-refractivity contribution in [3.63, 3.8) is 0 Å². The van der Waals surface area contributed by atoms with Gasteiger partial charge >= 0.3 is 0 Å². The van der Waals surface area contributed by atoms with Crippen molar-refractivity contribution in [3.05, 3.63) is 0 Å². The van der Waals surface area contributed by atoms with Crippen LogP contribution in [-0.2, 0) is 4.79 Å². The molecule has 2 heterocycles. The molecule has 2 rings (SSSR count). The van der Waals surface area contributed by atoms with Gasteiger partial charge in [-0.15, -0.1) is 0 Å². The molecule has 1 amide bonds. The van der Waals surface area contributed by atoms with Crippen molar-refractivity contribution in [3.8, 4) is 0 Å². The smallest absolute Gasteiger partial charge is 0.236 e. The fraction of sp³-hybridized carbons (Fsp3) is 0.917. The Morgan fingerprint density at radius 2 is 2.12 bits per heavy atom. The molecule has 2 aliphatic heterocycles. The summed E-state index contributed by atoms with van der Waals surface area (Å²) in [6.45, 7) is 4.65. The van der Waals surface area contributed by atoms with Crippen LogP contribution in [0, 0.1) is 0 Å². The topological polar surface area (TPSA) is 35.6 Å². The van der Waals surface area contributed by atoms with Crippen LogP contribution in [0.15, 0.2) is 0 Å². The average Bonchev–Trinajstić information content (AvgIpc) is 2.83. The van der Waals surface area contributed by atoms with E-state index < -0.39 is 0 Å². The van der Waals surface area contributed by atoms with Gasteiger partial charge in [-0.05, 0) is 39.3 Å². The van der Waals surface area contributed by atoms with Gasteiger partial charge in [0.2, 0.25) is 5.91 Å². The van der Waals surface area contributed by atoms with Crippen LogP contribution in [0.25, 0.3) is 0 Å². The fourth-order valence-corrected chi connectivity index (χ4v) is 2.60. The minimum Gasteiger partial charge on any atom is -0.342 e. The van der Waals surface area contributed by atoms with Crippen LogP contribution >= 0.6 is 0 Å². The summed E-state index contributed by atoms with van der Waals surface area (Å²) in [6.07, 6.45) is 4.82. The van der Waals surface area contributed by atoms with E-state index in [0.717, 1.165) is 26.2 Å². The van der Waals surface area contributed by atoms with Crippen molar-refractivity contribution >= 4 is 5.91 Å². The molecule has 4 nitrogen and oxygen atoms in total. The number of carbonyl (C=O) groups is 1. The fourth-order valence-electron chi connectivity index (χ4n) is 2.60. The van der Waals surface area contributed by atoms with Crippen LogP contribution in [0.4, 0.5) is 0 Å². The number of hydrogen-bond acceptors (Lipinski definition) is 3. The van der Waals surface area contributed by atoms with Gasteiger partial charge in [-0.1, -0.05) is 0 Å². The Morgan fingerprint density at radius 3 is 2.75 bits per heavy atom. The first-order valence-electron chi connectivity index (χ1n) is 6.46. The monoisotopic (exact) mass is 225 g/mol. The van der Waals surface area contributed by atoms with Crippen LogP contribution in [0.1, 0.15) is 25.7 Å². The Kier molecular flexibility index (Phi) is 4.18. The zero-order valence-electron chi connectivity index (χ0n) is 10.2. The van der Waals surface area contributed by atoms with Crippen LogP contribution < -0.4 is 5.32 Å². The van der Waals surface area contributed by atoms with E-state index in [1.807, 2.05) is 4.90 Å². The van der Waals surface area contributed by atoms with E-state index in [2.05, 4.69) is 17.3 Å². The summed E-state index contributed by atoms with van der Waals surface area (Å²) < 4.78 is 0. The molecule has 4 heteroatoms. The molecule has 0 aromatic carbocycles. The highest BCUT2D eigenvalue weighted by Gasteiger charge is 2.23. The van der Waals surface area contributed by atoms with E-state index in [-0.39, 0.29) is 0 Å². The number of amides is 1. The number of piperidine rings is 1. The SMILES string of the molecule is CN(CC(=O)N1CCCCC1)C1CCNC1. The molecule has 0 spiro atoms. The molecule has 1 N–H and O–H groups in total. The van der Waals surface area contributed by atoms with Crippen molar-refractivity contribution in [2.75, 3.05) is 39.8 Å². The zero-order valence-corrected chi connectivity index (χ0v) is 10.2. The van der Waals surface area contributed by atoms with Crippen molar-refractivity contribution < 1.29 is 4.79 Å². The lowest BCUT2D eigenvalue weighted by molar-refractivity contribution is -0.133. The van der Waals surface area contributed by atoms with Gasteiger partial charge in [0, 0.05) is 25.7 Å². The van der Waals surface area contributed by atoms with E-state index in [4.69, 9.17) is 0 Å². The van der Waals surface area contributed by atoms with Crippen LogP contribution in [0.2, 0.25) is 0 Å². The van der Waals surface area contributed by atoms with Gasteiger partial charge in [0.05, 0.1) is 6.54 Å². The van der Waals surface area contributed by atoms with Crippen molar-refractivity contribution in [2.45, 2.75) is 31.7 Å². The molecule has 92 valence electrons. The molecule has 0 bridgehead atoms. The molecule has 1 unspecified atom stereocenters. The summed E-state index contributed by atoms with van der Waals surface area (Å²) in [4.78, 5) is 16.3. The number of likely N-dealkylation sites (tertiary alicyclic amines) is 1. The largest absolute Gasteiger partial charge is 0.342 e. The molecule has 2 saturated heterocycles. The normalized spacial score (nSPS) is 26.4. The summed E-state index contributed by atoms with van der Waals surface area (Å²) in [5, 5.41) is 3.34. The third-order valence-electron chi connectivity index (χ3n) is 3.75. The lowest BCUT2D eigenvalue weighted by Crippen LogP contribution is -2.45. The maximum Gasteiger partial charge on any atom is 0.236 e. The predicted octanol–water partition coefficient (Wildman–Crippen LogP) is 0.293. The zero-order chi connectivity index (χ0) is 11.4. The first-order valence-corrected chi connectivity index (χ1v) is 6.46. The summed E-state index contributed by atoms with van der Waals surface area (Å²) in [5.74, 6) is 0.314. The maximum atomic E-state index is 12.0. The second-order valence-electron chi connectivity index (χ2n) is 5.00. The van der Waals surface area contributed by atoms with Gasteiger partial charge in [0.25, 0.3) is 0 Å². The Labute approximate surface area is 98.0 Å². The quantitative estimate of drug-likeness (QED) is 0.750. The Balaban J connectivity index is 1.76. The van der Waals surface area contributed by atoms with Gasteiger partial charge in [0.15, 0.2) is 0 Å². The first kappa shape index (κ1) is 11.9. The molecular formula is C12H23N3O. The van der Waals surface area contributed by atoms with Crippen LogP contribution in [0.5, 0.6) is 0 Å². The van der Waals surface area contributed by atoms with Crippen LogP contribution in [0.3, 0.4) is 0 Å². The Hall–Kier alpha value is -0.610. The standard InChI is InChI=1S/C12H23N3O/c1-14(11-5-6-13-9-11)10-12(16)15-7-3-2-4-8-15/h11,13H,2-10H2,1H3. The van der Waals surface area contributed by atoms with Gasteiger partial charge in [-0.2, -0.15) is 0 Å². The number of rotatable bonds is 3. The maximum absolute atomic E-state index is 12.0. The lowest BCUT2D eigenvalue weighted by atomic mass is 10.1. The van der Waals surface area contributed by atoms with E-state index in [9.17, 15) is 4.79 Å². The average molecular weight is 225 g/mol. The molecule has 0 radical (unpaired) electrons. The molecule has 1 atom stereocenters. The summed E-state index contributed by atoms with van der Waals surface area (Å²) in [7, 11) is 2.07. The third-order valence-corrected chi connectivity index (χ3v) is 3.75. The van der Waals surface area contributed by atoms with E-state index in [0.29, 0.717) is 18.5 Å². The van der Waals surface area contributed by atoms with Crippen molar-refractivity contribution in [1.29, 1.82) is 0 Å². The number of carbonyl (C=O) groups excluding carboxylic acids is 1. The highest BCUT2D eigenvalue weighted by Crippen LogP contribution is 2.11. The predicted molar refractivity (Wildman–Crippen MR) is 64.3 cm³/mol. The van der Waals surface area contributed by atoms with Crippen LogP contribution in [-0.4, -0.2) is 61.5 Å². The number of hydrogen-bond donors (Lipinski definition) is 1. The molecular weight excluding hydrogens is 202 g/mol. The molecule has 0 aliphatic carbocycles. The molecule has 0 aromatic rings. The molecule has 2 aliphatic rings. The second-order valence-corrected chi connectivity index (χ2v) is 5.00. The Morgan fingerprint density at radius 1 is 1.38 bits per heavy atom. The van der Waals surface area contributed by atoms with Gasteiger partial charge < -0.3 is 10.2 Å². The van der Waals surface area contributed by atoms with E-state index >= 15 is 0 Å². The number of nitrogens with one attached hydrogen (secondary N) is 1. The Bertz CT molecular complexity index is 232. The van der Waals surface area contributed by atoms with E-state index in [1.165, 1.54) is 25.7 Å². The van der Waals surface area contributed by atoms with Gasteiger partial charge in [0.1, 0.15) is 0 Å². The highest BCUT2D eigenvalue weighted by atomic mass is 16.2. The molecule has 16 heavy (non-hydrogen) atoms. The van der Waals surface area contributed by atoms with Gasteiger partial charge in [-0.3, -0.25) is 9.69 Å². The summed E-state index contributed by atoms with van der Waals surface area (Å²) in [6, 6.07) is 0.550. The first-order chi connectivity index (χ1) is 7.77. The number of nitrogens with zero attached hydrogens (tertiary/aromatic N) is 2. The van der Waals surface area contributed by atoms with Crippen molar-refractivity contribution in [1.82, 2.24) is 15.1 Å². The highest BCUT2D eigenvalue weighted by molar-refractivity contribution is 5.78. The minimum atomic E-state index is 0.314.